The first-order chi connectivity index (χ1) is 13.9. The Hall–Kier alpha value is -4.01. The van der Waals surface area contributed by atoms with E-state index in [1.807, 2.05) is 0 Å². The topological polar surface area (TPSA) is 103 Å². The van der Waals surface area contributed by atoms with Gasteiger partial charge in [0.15, 0.2) is 5.82 Å². The number of ether oxygens (including phenoxy) is 1. The molecule has 29 heavy (non-hydrogen) atoms. The largest absolute Gasteiger partial charge is 0.497 e. The van der Waals surface area contributed by atoms with E-state index in [9.17, 15) is 14.9 Å². The van der Waals surface area contributed by atoms with Gasteiger partial charge in [0.2, 0.25) is 5.78 Å². The molecule has 0 aliphatic heterocycles. The van der Waals surface area contributed by atoms with E-state index >= 15 is 0 Å². The van der Waals surface area contributed by atoms with E-state index in [2.05, 4.69) is 9.98 Å². The molecule has 0 atom stereocenters. The first-order valence-corrected chi connectivity index (χ1v) is 8.62. The molecule has 0 spiro atoms. The van der Waals surface area contributed by atoms with Gasteiger partial charge in [0.1, 0.15) is 17.8 Å². The van der Waals surface area contributed by atoms with Crippen molar-refractivity contribution in [1.82, 2.24) is 14.5 Å². The first kappa shape index (κ1) is 19.7. The highest BCUT2D eigenvalue weighted by Gasteiger charge is 2.22. The molecule has 0 bridgehead atoms. The molecule has 0 radical (unpaired) electrons. The monoisotopic (exact) mass is 393 g/mol. The number of rotatable bonds is 7. The summed E-state index contributed by atoms with van der Waals surface area (Å²) in [6.07, 6.45) is 3.03. The molecule has 1 aromatic heterocycles. The molecule has 2 aromatic carbocycles. The molecule has 0 aliphatic rings. The van der Waals surface area contributed by atoms with E-state index in [4.69, 9.17) is 4.74 Å². The van der Waals surface area contributed by atoms with Crippen LogP contribution in [0.4, 0.5) is 11.5 Å². The number of nitro groups is 1. The van der Waals surface area contributed by atoms with Crippen molar-refractivity contribution < 1.29 is 14.5 Å². The minimum absolute atomic E-state index is 0.162. The zero-order valence-corrected chi connectivity index (χ0v) is 16.1. The third kappa shape index (κ3) is 4.29. The second-order valence-electron chi connectivity index (χ2n) is 6.33. The number of hydrogen-bond donors (Lipinski definition) is 0. The molecule has 3 rings (SSSR count). The van der Waals surface area contributed by atoms with Crippen molar-refractivity contribution in [3.8, 4) is 11.4 Å². The lowest BCUT2D eigenvalue weighted by atomic mass is 10.1. The maximum Gasteiger partial charge on any atom is 0.270 e. The van der Waals surface area contributed by atoms with Crippen molar-refractivity contribution >= 4 is 23.6 Å². The molecule has 0 saturated heterocycles. The second kappa shape index (κ2) is 8.34. The molecule has 0 aliphatic carbocycles. The standard InChI is InChI=1S/C20H19N5O4/c1-23(2)12-21-20-18(19(26)14-5-4-6-16(11-14)25(27)28)24(13-22-20)15-7-9-17(29-3)10-8-15/h4-13H,1-3H3/b21-12-. The number of carbonyl (C=O) groups excluding carboxylic acids is 1. The Kier molecular flexibility index (Phi) is 5.68. The third-order valence-electron chi connectivity index (χ3n) is 4.04. The Morgan fingerprint density at radius 3 is 2.59 bits per heavy atom. The van der Waals surface area contributed by atoms with Crippen LogP contribution in [0.1, 0.15) is 16.1 Å². The van der Waals surface area contributed by atoms with Gasteiger partial charge in [-0.15, -0.1) is 0 Å². The van der Waals surface area contributed by atoms with Gasteiger partial charge >= 0.3 is 0 Å². The Morgan fingerprint density at radius 1 is 1.24 bits per heavy atom. The quantitative estimate of drug-likeness (QED) is 0.201. The molecular formula is C20H19N5O4. The first-order valence-electron chi connectivity index (χ1n) is 8.62. The maximum atomic E-state index is 13.3. The zero-order valence-electron chi connectivity index (χ0n) is 16.1. The predicted octanol–water partition coefficient (Wildman–Crippen LogP) is 3.24. The van der Waals surface area contributed by atoms with Crippen molar-refractivity contribution in [1.29, 1.82) is 0 Å². The number of nitrogens with zero attached hydrogens (tertiary/aromatic N) is 5. The Labute approximate surface area is 167 Å². The molecule has 9 nitrogen and oxygen atoms in total. The Bertz CT molecular complexity index is 1070. The number of non-ortho nitro benzene ring substituents is 1. The summed E-state index contributed by atoms with van der Waals surface area (Å²) in [6.45, 7) is 0. The van der Waals surface area contributed by atoms with E-state index < -0.39 is 10.7 Å². The van der Waals surface area contributed by atoms with Crippen molar-refractivity contribution in [3.05, 3.63) is 76.2 Å². The number of imidazole rings is 1. The minimum atomic E-state index is -0.539. The lowest BCUT2D eigenvalue weighted by Crippen LogP contribution is -2.10. The van der Waals surface area contributed by atoms with Crippen LogP contribution < -0.4 is 4.74 Å². The minimum Gasteiger partial charge on any atom is -0.497 e. The predicted molar refractivity (Wildman–Crippen MR) is 108 cm³/mol. The summed E-state index contributed by atoms with van der Waals surface area (Å²) < 4.78 is 6.77. The number of methoxy groups -OCH3 is 1. The molecule has 0 amide bonds. The van der Waals surface area contributed by atoms with Crippen molar-refractivity contribution in [3.63, 3.8) is 0 Å². The van der Waals surface area contributed by atoms with Crippen molar-refractivity contribution in [2.45, 2.75) is 0 Å². The second-order valence-corrected chi connectivity index (χ2v) is 6.33. The van der Waals surface area contributed by atoms with Gasteiger partial charge < -0.3 is 9.64 Å². The van der Waals surface area contributed by atoms with Crippen LogP contribution in [0.2, 0.25) is 0 Å². The summed E-state index contributed by atoms with van der Waals surface area (Å²) >= 11 is 0. The van der Waals surface area contributed by atoms with Gasteiger partial charge in [0.05, 0.1) is 18.4 Å². The van der Waals surface area contributed by atoms with Crippen LogP contribution >= 0.6 is 0 Å². The van der Waals surface area contributed by atoms with E-state index in [1.165, 1.54) is 36.9 Å². The summed E-state index contributed by atoms with van der Waals surface area (Å²) in [5.41, 5.74) is 0.896. The maximum absolute atomic E-state index is 13.3. The molecule has 0 N–H and O–H groups in total. The number of nitro benzene ring substituents is 1. The molecule has 0 unspecified atom stereocenters. The van der Waals surface area contributed by atoms with Crippen molar-refractivity contribution in [2.24, 2.45) is 4.99 Å². The van der Waals surface area contributed by atoms with Crippen LogP contribution in [0.5, 0.6) is 5.75 Å². The van der Waals surface area contributed by atoms with Crippen LogP contribution in [0.15, 0.2) is 59.9 Å². The zero-order chi connectivity index (χ0) is 21.0. The number of carbonyl (C=O) groups is 1. The molecule has 148 valence electrons. The van der Waals surface area contributed by atoms with Gasteiger partial charge in [-0.05, 0) is 24.3 Å². The molecule has 0 saturated carbocycles. The fourth-order valence-electron chi connectivity index (χ4n) is 2.65. The van der Waals surface area contributed by atoms with Crippen molar-refractivity contribution in [2.75, 3.05) is 21.2 Å². The number of aromatic nitrogens is 2. The Balaban J connectivity index is 2.13. The smallest absolute Gasteiger partial charge is 0.270 e. The summed E-state index contributed by atoms with van der Waals surface area (Å²) in [5, 5.41) is 11.1. The van der Waals surface area contributed by atoms with Crippen LogP contribution in [0, 0.1) is 10.1 Å². The summed E-state index contributed by atoms with van der Waals surface area (Å²) in [6, 6.07) is 12.7. The summed E-state index contributed by atoms with van der Waals surface area (Å²) in [7, 11) is 5.16. The average molecular weight is 393 g/mol. The third-order valence-corrected chi connectivity index (χ3v) is 4.04. The fraction of sp³-hybridized carbons (Fsp3) is 0.150. The number of aliphatic imine (C=N–C) groups is 1. The molecule has 9 heteroatoms. The number of benzene rings is 2. The summed E-state index contributed by atoms with van der Waals surface area (Å²) in [4.78, 5) is 34.1. The van der Waals surface area contributed by atoms with Gasteiger partial charge in [-0.1, -0.05) is 12.1 Å². The molecule has 1 heterocycles. The van der Waals surface area contributed by atoms with Crippen LogP contribution in [-0.4, -0.2) is 52.7 Å². The molecule has 3 aromatic rings. The van der Waals surface area contributed by atoms with Crippen LogP contribution in [0.3, 0.4) is 0 Å². The highest BCUT2D eigenvalue weighted by Crippen LogP contribution is 2.26. The van der Waals surface area contributed by atoms with Gasteiger partial charge in [-0.3, -0.25) is 19.5 Å². The van der Waals surface area contributed by atoms with Gasteiger partial charge in [-0.25, -0.2) is 9.98 Å². The number of ketones is 1. The lowest BCUT2D eigenvalue weighted by molar-refractivity contribution is -0.384. The van der Waals surface area contributed by atoms with Gasteiger partial charge in [-0.2, -0.15) is 0 Å². The number of hydrogen-bond acceptors (Lipinski definition) is 6. The van der Waals surface area contributed by atoms with E-state index in [0.717, 1.165) is 0 Å². The lowest BCUT2D eigenvalue weighted by Gasteiger charge is -2.09. The SMILES string of the molecule is COc1ccc(-n2cnc(/N=C\N(C)C)c2C(=O)c2cccc([N+](=O)[O-])c2)cc1. The van der Waals surface area contributed by atoms with Gasteiger partial charge in [0, 0.05) is 37.5 Å². The molecule has 0 fully saturated rings. The normalized spacial score (nSPS) is 10.9. The summed E-state index contributed by atoms with van der Waals surface area (Å²) in [5.74, 6) is 0.463. The van der Waals surface area contributed by atoms with E-state index in [-0.39, 0.29) is 22.8 Å². The highest BCUT2D eigenvalue weighted by atomic mass is 16.6. The Morgan fingerprint density at radius 2 is 1.97 bits per heavy atom. The van der Waals surface area contributed by atoms with E-state index in [1.54, 1.807) is 54.9 Å². The van der Waals surface area contributed by atoms with Crippen LogP contribution in [0.25, 0.3) is 5.69 Å². The van der Waals surface area contributed by atoms with Crippen LogP contribution in [-0.2, 0) is 0 Å². The highest BCUT2D eigenvalue weighted by molar-refractivity contribution is 6.11. The van der Waals surface area contributed by atoms with Gasteiger partial charge in [0.25, 0.3) is 5.69 Å². The fourth-order valence-corrected chi connectivity index (χ4v) is 2.65. The van der Waals surface area contributed by atoms with E-state index in [0.29, 0.717) is 11.4 Å². The average Bonchev–Trinajstić information content (AvgIpc) is 3.15. The molecular weight excluding hydrogens is 374 g/mol.